The fourth-order valence-electron chi connectivity index (χ4n) is 2.73. The molecule has 0 radical (unpaired) electrons. The van der Waals surface area contributed by atoms with Crippen LogP contribution >= 0.6 is 0 Å². The van der Waals surface area contributed by atoms with Crippen molar-refractivity contribution in [2.45, 2.75) is 57.9 Å². The summed E-state index contributed by atoms with van der Waals surface area (Å²) in [6, 6.07) is 0.917. The van der Waals surface area contributed by atoms with E-state index in [4.69, 9.17) is 5.73 Å². The third kappa shape index (κ3) is 2.73. The fourth-order valence-corrected chi connectivity index (χ4v) is 2.73. The van der Waals surface area contributed by atoms with Crippen molar-refractivity contribution in [3.05, 3.63) is 0 Å². The quantitative estimate of drug-likeness (QED) is 0.699. The Bertz CT molecular complexity index is 189. The summed E-state index contributed by atoms with van der Waals surface area (Å²) in [5.74, 6) is 0. The van der Waals surface area contributed by atoms with E-state index in [1.165, 1.54) is 58.0 Å². The minimum Gasteiger partial charge on any atom is -0.330 e. The zero-order chi connectivity index (χ0) is 10.7. The molecule has 88 valence electrons. The molecule has 0 saturated heterocycles. The predicted molar refractivity (Wildman–Crippen MR) is 64.8 cm³/mol. The van der Waals surface area contributed by atoms with Gasteiger partial charge in [0.25, 0.3) is 0 Å². The zero-order valence-corrected chi connectivity index (χ0v) is 10.2. The maximum absolute atomic E-state index is 5.94. The van der Waals surface area contributed by atoms with E-state index in [0.717, 1.165) is 12.6 Å². The first kappa shape index (κ1) is 11.4. The summed E-state index contributed by atoms with van der Waals surface area (Å²) >= 11 is 0. The molecule has 2 aliphatic rings. The standard InChI is InChI=1S/C13H26N2/c1-2-3-9-15(12-5-6-12)11-13(10-14)7-4-8-13/h12H,2-11,14H2,1H3. The van der Waals surface area contributed by atoms with Gasteiger partial charge < -0.3 is 5.73 Å². The number of hydrogen-bond donors (Lipinski definition) is 1. The number of nitrogens with zero attached hydrogens (tertiary/aromatic N) is 1. The van der Waals surface area contributed by atoms with E-state index in [9.17, 15) is 0 Å². The normalized spacial score (nSPS) is 24.2. The summed E-state index contributed by atoms with van der Waals surface area (Å²) in [6.07, 6.45) is 9.70. The van der Waals surface area contributed by atoms with Gasteiger partial charge in [-0.1, -0.05) is 19.8 Å². The molecule has 0 aromatic heterocycles. The molecule has 2 rings (SSSR count). The molecular formula is C13H26N2. The summed E-state index contributed by atoms with van der Waals surface area (Å²) in [7, 11) is 0. The highest BCUT2D eigenvalue weighted by molar-refractivity contribution is 4.95. The second kappa shape index (κ2) is 4.84. The topological polar surface area (TPSA) is 29.3 Å². The molecule has 0 aliphatic heterocycles. The van der Waals surface area contributed by atoms with Crippen molar-refractivity contribution < 1.29 is 0 Å². The second-order valence-corrected chi connectivity index (χ2v) is 5.61. The first-order valence-corrected chi connectivity index (χ1v) is 6.74. The van der Waals surface area contributed by atoms with Crippen molar-refractivity contribution in [2.24, 2.45) is 11.1 Å². The van der Waals surface area contributed by atoms with Gasteiger partial charge in [0.15, 0.2) is 0 Å². The summed E-state index contributed by atoms with van der Waals surface area (Å²) in [6.45, 7) is 5.78. The number of unbranched alkanes of at least 4 members (excludes halogenated alkanes) is 1. The van der Waals surface area contributed by atoms with Crippen LogP contribution in [0.15, 0.2) is 0 Å². The van der Waals surface area contributed by atoms with E-state index in [0.29, 0.717) is 5.41 Å². The van der Waals surface area contributed by atoms with Crippen LogP contribution in [0.5, 0.6) is 0 Å². The maximum Gasteiger partial charge on any atom is 0.00966 e. The summed E-state index contributed by atoms with van der Waals surface area (Å²) < 4.78 is 0. The van der Waals surface area contributed by atoms with Crippen molar-refractivity contribution in [1.82, 2.24) is 4.90 Å². The molecule has 0 spiro atoms. The summed E-state index contributed by atoms with van der Waals surface area (Å²) in [4.78, 5) is 2.73. The highest BCUT2D eigenvalue weighted by Gasteiger charge is 2.40. The first-order chi connectivity index (χ1) is 7.29. The maximum atomic E-state index is 5.94. The van der Waals surface area contributed by atoms with Gasteiger partial charge in [0.1, 0.15) is 0 Å². The highest BCUT2D eigenvalue weighted by atomic mass is 15.2. The minimum absolute atomic E-state index is 0.510. The van der Waals surface area contributed by atoms with E-state index >= 15 is 0 Å². The van der Waals surface area contributed by atoms with Crippen molar-refractivity contribution in [3.8, 4) is 0 Å². The number of hydrogen-bond acceptors (Lipinski definition) is 2. The molecule has 0 heterocycles. The molecule has 2 fully saturated rings. The van der Waals surface area contributed by atoms with Crippen LogP contribution < -0.4 is 5.73 Å². The van der Waals surface area contributed by atoms with E-state index in [1.54, 1.807) is 0 Å². The van der Waals surface area contributed by atoms with E-state index < -0.39 is 0 Å². The molecule has 2 aliphatic carbocycles. The van der Waals surface area contributed by atoms with Gasteiger partial charge in [-0.3, -0.25) is 4.90 Å². The number of rotatable bonds is 7. The molecule has 2 N–H and O–H groups in total. The Morgan fingerprint density at radius 3 is 2.47 bits per heavy atom. The van der Waals surface area contributed by atoms with Crippen LogP contribution in [0.2, 0.25) is 0 Å². The molecule has 15 heavy (non-hydrogen) atoms. The third-order valence-electron chi connectivity index (χ3n) is 4.25. The molecule has 0 aromatic carbocycles. The lowest BCUT2D eigenvalue weighted by Gasteiger charge is -2.44. The van der Waals surface area contributed by atoms with Gasteiger partial charge >= 0.3 is 0 Å². The average Bonchev–Trinajstić information content (AvgIpc) is 3.00. The SMILES string of the molecule is CCCCN(CC1(CN)CCC1)C1CC1. The van der Waals surface area contributed by atoms with Crippen LogP contribution in [-0.4, -0.2) is 30.6 Å². The van der Waals surface area contributed by atoms with Crippen LogP contribution in [0.25, 0.3) is 0 Å². The fraction of sp³-hybridized carbons (Fsp3) is 1.00. The Hall–Kier alpha value is -0.0800. The van der Waals surface area contributed by atoms with Crippen LogP contribution in [0.3, 0.4) is 0 Å². The molecular weight excluding hydrogens is 184 g/mol. The van der Waals surface area contributed by atoms with Gasteiger partial charge in [0, 0.05) is 12.6 Å². The van der Waals surface area contributed by atoms with Crippen molar-refractivity contribution >= 4 is 0 Å². The molecule has 0 bridgehead atoms. The molecule has 0 aromatic rings. The largest absolute Gasteiger partial charge is 0.330 e. The van der Waals surface area contributed by atoms with Gasteiger partial charge in [-0.25, -0.2) is 0 Å². The lowest BCUT2D eigenvalue weighted by Crippen LogP contribution is -2.48. The van der Waals surface area contributed by atoms with Crippen molar-refractivity contribution in [3.63, 3.8) is 0 Å². The smallest absolute Gasteiger partial charge is 0.00966 e. The molecule has 2 heteroatoms. The Balaban J connectivity index is 1.82. The van der Waals surface area contributed by atoms with Crippen LogP contribution in [0.4, 0.5) is 0 Å². The number of nitrogens with two attached hydrogens (primary N) is 1. The Labute approximate surface area is 94.2 Å². The first-order valence-electron chi connectivity index (χ1n) is 6.74. The van der Waals surface area contributed by atoms with E-state index in [2.05, 4.69) is 11.8 Å². The summed E-state index contributed by atoms with van der Waals surface area (Å²) in [5.41, 5.74) is 6.45. The average molecular weight is 210 g/mol. The van der Waals surface area contributed by atoms with Gasteiger partial charge in [0.05, 0.1) is 0 Å². The van der Waals surface area contributed by atoms with Gasteiger partial charge in [-0.2, -0.15) is 0 Å². The molecule has 0 amide bonds. The van der Waals surface area contributed by atoms with Crippen LogP contribution in [0.1, 0.15) is 51.9 Å². The third-order valence-corrected chi connectivity index (χ3v) is 4.25. The Morgan fingerprint density at radius 2 is 2.07 bits per heavy atom. The zero-order valence-electron chi connectivity index (χ0n) is 10.2. The molecule has 2 nitrogen and oxygen atoms in total. The van der Waals surface area contributed by atoms with Crippen LogP contribution in [0, 0.1) is 5.41 Å². The monoisotopic (exact) mass is 210 g/mol. The summed E-state index contributed by atoms with van der Waals surface area (Å²) in [5, 5.41) is 0. The van der Waals surface area contributed by atoms with Crippen molar-refractivity contribution in [1.29, 1.82) is 0 Å². The molecule has 0 unspecified atom stereocenters. The highest BCUT2D eigenvalue weighted by Crippen LogP contribution is 2.42. The predicted octanol–water partition coefficient (Wildman–Crippen LogP) is 2.38. The minimum atomic E-state index is 0.510. The second-order valence-electron chi connectivity index (χ2n) is 5.61. The van der Waals surface area contributed by atoms with Crippen molar-refractivity contribution in [2.75, 3.05) is 19.6 Å². The van der Waals surface area contributed by atoms with Gasteiger partial charge in [0.2, 0.25) is 0 Å². The Morgan fingerprint density at radius 1 is 1.33 bits per heavy atom. The van der Waals surface area contributed by atoms with Gasteiger partial charge in [-0.15, -0.1) is 0 Å². The van der Waals surface area contributed by atoms with Gasteiger partial charge in [-0.05, 0) is 50.6 Å². The Kier molecular flexibility index (Phi) is 3.68. The van der Waals surface area contributed by atoms with Crippen LogP contribution in [-0.2, 0) is 0 Å². The molecule has 2 saturated carbocycles. The lowest BCUT2D eigenvalue weighted by molar-refractivity contribution is 0.0697. The lowest BCUT2D eigenvalue weighted by atomic mass is 9.68. The van der Waals surface area contributed by atoms with E-state index in [-0.39, 0.29) is 0 Å². The van der Waals surface area contributed by atoms with E-state index in [1.807, 2.05) is 0 Å². The molecule has 0 atom stereocenters.